The Morgan fingerprint density at radius 1 is 1.05 bits per heavy atom. The molecule has 12 heteroatoms. The molecule has 0 saturated carbocycles. The maximum Gasteiger partial charge on any atom is 0.416 e. The molecule has 0 fully saturated rings. The number of alkyl halides is 6. The molecule has 1 aliphatic heterocycles. The van der Waals surface area contributed by atoms with Crippen LogP contribution in [0.4, 0.5) is 26.3 Å². The van der Waals surface area contributed by atoms with Crippen molar-refractivity contribution in [3.05, 3.63) is 89.0 Å². The van der Waals surface area contributed by atoms with Crippen LogP contribution in [-0.2, 0) is 17.1 Å². The standard InChI is InChI=1S/C25H22F6N4O2/c1-3-19(35-9-8-32-13-35)33-22(36)20-17-6-4-5-7-18(17)23(37)34(2)21(20)14-10-15(24(26,27)28)12-16(11-14)25(29,30)31/h4-13,19-21H,3H2,1-2H3,(H,33,36). The maximum absolute atomic E-state index is 13.7. The number of imidazole rings is 1. The van der Waals surface area contributed by atoms with Gasteiger partial charge in [-0.05, 0) is 41.8 Å². The van der Waals surface area contributed by atoms with Crippen LogP contribution in [0.25, 0.3) is 0 Å². The summed E-state index contributed by atoms with van der Waals surface area (Å²) < 4.78 is 83.3. The van der Waals surface area contributed by atoms with E-state index in [9.17, 15) is 35.9 Å². The lowest BCUT2D eigenvalue weighted by molar-refractivity contribution is -0.143. The molecular weight excluding hydrogens is 502 g/mol. The first-order chi connectivity index (χ1) is 17.3. The fraction of sp³-hybridized carbons (Fsp3) is 0.320. The number of aromatic nitrogens is 2. The molecule has 6 nitrogen and oxygen atoms in total. The number of hydrogen-bond acceptors (Lipinski definition) is 3. The van der Waals surface area contributed by atoms with Gasteiger partial charge in [0, 0.05) is 25.0 Å². The van der Waals surface area contributed by atoms with E-state index < -0.39 is 59.0 Å². The maximum atomic E-state index is 13.7. The Balaban J connectivity index is 1.89. The molecule has 196 valence electrons. The van der Waals surface area contributed by atoms with Crippen molar-refractivity contribution in [1.29, 1.82) is 0 Å². The Hall–Kier alpha value is -3.83. The first kappa shape index (κ1) is 26.2. The summed E-state index contributed by atoms with van der Waals surface area (Å²) >= 11 is 0. The number of benzene rings is 2. The molecule has 0 spiro atoms. The van der Waals surface area contributed by atoms with Gasteiger partial charge < -0.3 is 14.8 Å². The summed E-state index contributed by atoms with van der Waals surface area (Å²) in [6, 6.07) is 5.76. The lowest BCUT2D eigenvalue weighted by atomic mass is 9.78. The van der Waals surface area contributed by atoms with E-state index in [1.54, 1.807) is 29.8 Å². The number of hydrogen-bond donors (Lipinski definition) is 1. The van der Waals surface area contributed by atoms with Crippen LogP contribution in [0, 0.1) is 0 Å². The van der Waals surface area contributed by atoms with Crippen LogP contribution in [0.2, 0.25) is 0 Å². The van der Waals surface area contributed by atoms with Gasteiger partial charge in [-0.2, -0.15) is 26.3 Å². The molecule has 0 radical (unpaired) electrons. The highest BCUT2D eigenvalue weighted by molar-refractivity contribution is 6.01. The second kappa shape index (κ2) is 9.56. The van der Waals surface area contributed by atoms with E-state index in [0.29, 0.717) is 18.6 Å². The quantitative estimate of drug-likeness (QED) is 0.445. The van der Waals surface area contributed by atoms with Crippen molar-refractivity contribution < 1.29 is 35.9 Å². The predicted molar refractivity (Wildman–Crippen MR) is 120 cm³/mol. The van der Waals surface area contributed by atoms with Gasteiger partial charge in [-0.1, -0.05) is 25.1 Å². The van der Waals surface area contributed by atoms with Gasteiger partial charge in [0.05, 0.1) is 29.4 Å². The first-order valence-corrected chi connectivity index (χ1v) is 11.3. The number of nitrogens with zero attached hydrogens (tertiary/aromatic N) is 3. The minimum absolute atomic E-state index is 0.0172. The summed E-state index contributed by atoms with van der Waals surface area (Å²) in [4.78, 5) is 31.8. The molecule has 0 saturated heterocycles. The number of amides is 2. The minimum Gasteiger partial charge on any atom is -0.335 e. The molecule has 3 unspecified atom stereocenters. The van der Waals surface area contributed by atoms with Crippen molar-refractivity contribution in [3.63, 3.8) is 0 Å². The van der Waals surface area contributed by atoms with Crippen molar-refractivity contribution in [2.45, 2.75) is 43.8 Å². The van der Waals surface area contributed by atoms with E-state index in [2.05, 4.69) is 10.3 Å². The fourth-order valence-electron chi connectivity index (χ4n) is 4.62. The number of nitrogens with one attached hydrogen (secondary N) is 1. The molecule has 4 rings (SSSR count). The molecule has 2 aromatic carbocycles. The van der Waals surface area contributed by atoms with Crippen LogP contribution in [0.15, 0.2) is 61.2 Å². The monoisotopic (exact) mass is 524 g/mol. The lowest BCUT2D eigenvalue weighted by Gasteiger charge is -2.40. The van der Waals surface area contributed by atoms with Crippen LogP contribution in [0.5, 0.6) is 0 Å². The Morgan fingerprint density at radius 2 is 1.68 bits per heavy atom. The van der Waals surface area contributed by atoms with Gasteiger partial charge in [0.15, 0.2) is 0 Å². The summed E-state index contributed by atoms with van der Waals surface area (Å²) in [5.74, 6) is -2.58. The Kier molecular flexibility index (Phi) is 6.78. The number of fused-ring (bicyclic) bond motifs is 1. The van der Waals surface area contributed by atoms with Crippen LogP contribution in [-0.4, -0.2) is 33.3 Å². The summed E-state index contributed by atoms with van der Waals surface area (Å²) in [7, 11) is 1.25. The van der Waals surface area contributed by atoms with Crippen molar-refractivity contribution >= 4 is 11.8 Å². The number of likely N-dealkylation sites (N-methyl/N-ethyl adjacent to an activating group) is 1. The molecule has 1 aromatic heterocycles. The van der Waals surface area contributed by atoms with Crippen molar-refractivity contribution in [3.8, 4) is 0 Å². The second-order valence-corrected chi connectivity index (χ2v) is 8.71. The van der Waals surface area contributed by atoms with Crippen molar-refractivity contribution in [1.82, 2.24) is 19.8 Å². The van der Waals surface area contributed by atoms with Crippen LogP contribution >= 0.6 is 0 Å². The SMILES string of the molecule is CCC(NC(=O)C1c2ccccc2C(=O)N(C)C1c1cc(C(F)(F)F)cc(C(F)(F)F)c1)n1ccnc1. The third-order valence-electron chi connectivity index (χ3n) is 6.39. The highest BCUT2D eigenvalue weighted by atomic mass is 19.4. The molecule has 3 atom stereocenters. The van der Waals surface area contributed by atoms with E-state index in [1.165, 1.54) is 31.7 Å². The van der Waals surface area contributed by atoms with Crippen molar-refractivity contribution in [2.24, 2.45) is 0 Å². The van der Waals surface area contributed by atoms with E-state index in [-0.39, 0.29) is 17.2 Å². The summed E-state index contributed by atoms with van der Waals surface area (Å²) in [6.07, 6.45) is -5.76. The molecule has 3 aromatic rings. The Bertz CT molecular complexity index is 1270. The van der Waals surface area contributed by atoms with E-state index >= 15 is 0 Å². The average molecular weight is 524 g/mol. The summed E-state index contributed by atoms with van der Waals surface area (Å²) in [5, 5.41) is 2.81. The fourth-order valence-corrected chi connectivity index (χ4v) is 4.62. The predicted octanol–water partition coefficient (Wildman–Crippen LogP) is 5.56. The third-order valence-corrected chi connectivity index (χ3v) is 6.39. The van der Waals surface area contributed by atoms with Gasteiger partial charge >= 0.3 is 12.4 Å². The molecule has 2 amide bonds. The zero-order chi connectivity index (χ0) is 27.1. The molecule has 0 aliphatic carbocycles. The van der Waals surface area contributed by atoms with E-state index in [1.807, 2.05) is 0 Å². The van der Waals surface area contributed by atoms with Gasteiger partial charge in [-0.25, -0.2) is 4.98 Å². The number of carbonyl (C=O) groups excluding carboxylic acids is 2. The molecular formula is C25H22F6N4O2. The lowest BCUT2D eigenvalue weighted by Crippen LogP contribution is -2.46. The highest BCUT2D eigenvalue weighted by Crippen LogP contribution is 2.45. The summed E-state index contributed by atoms with van der Waals surface area (Å²) in [5.41, 5.74) is -3.16. The number of halogens is 6. The molecule has 0 bridgehead atoms. The van der Waals surface area contributed by atoms with Gasteiger partial charge in [0.25, 0.3) is 5.91 Å². The number of rotatable bonds is 5. The van der Waals surface area contributed by atoms with Gasteiger partial charge in [-0.3, -0.25) is 9.59 Å². The van der Waals surface area contributed by atoms with Crippen LogP contribution in [0.3, 0.4) is 0 Å². The topological polar surface area (TPSA) is 67.2 Å². The highest BCUT2D eigenvalue weighted by Gasteiger charge is 2.45. The first-order valence-electron chi connectivity index (χ1n) is 11.3. The average Bonchev–Trinajstić information content (AvgIpc) is 3.38. The van der Waals surface area contributed by atoms with Crippen LogP contribution in [0.1, 0.15) is 64.1 Å². The van der Waals surface area contributed by atoms with Crippen LogP contribution < -0.4 is 5.32 Å². The Labute approximate surface area is 207 Å². The Morgan fingerprint density at radius 3 is 2.22 bits per heavy atom. The molecule has 1 aliphatic rings. The van der Waals surface area contributed by atoms with Gasteiger partial charge in [0.1, 0.15) is 6.17 Å². The van der Waals surface area contributed by atoms with Gasteiger partial charge in [0.2, 0.25) is 5.91 Å². The molecule has 2 heterocycles. The second-order valence-electron chi connectivity index (χ2n) is 8.71. The number of carbonyl (C=O) groups is 2. The zero-order valence-electron chi connectivity index (χ0n) is 19.6. The minimum atomic E-state index is -5.09. The molecule has 1 N–H and O–H groups in total. The smallest absolute Gasteiger partial charge is 0.335 e. The largest absolute Gasteiger partial charge is 0.416 e. The van der Waals surface area contributed by atoms with E-state index in [0.717, 1.165) is 4.90 Å². The van der Waals surface area contributed by atoms with Gasteiger partial charge in [-0.15, -0.1) is 0 Å². The molecule has 37 heavy (non-hydrogen) atoms. The van der Waals surface area contributed by atoms with Crippen molar-refractivity contribution in [2.75, 3.05) is 7.05 Å². The summed E-state index contributed by atoms with van der Waals surface area (Å²) in [6.45, 7) is 1.79. The normalized spacial score (nSPS) is 18.9. The zero-order valence-corrected chi connectivity index (χ0v) is 19.6. The van der Waals surface area contributed by atoms with E-state index in [4.69, 9.17) is 0 Å². The third kappa shape index (κ3) is 5.05.